The van der Waals surface area contributed by atoms with Crippen LogP contribution < -0.4 is 0 Å². The average molecular weight is 198 g/mol. The third kappa shape index (κ3) is 2.04. The van der Waals surface area contributed by atoms with Crippen molar-refractivity contribution in [2.24, 2.45) is 0 Å². The van der Waals surface area contributed by atoms with Crippen molar-refractivity contribution in [3.05, 3.63) is 59.7 Å². The quantitative estimate of drug-likeness (QED) is 0.666. The molecule has 0 nitrogen and oxygen atoms in total. The van der Waals surface area contributed by atoms with Gasteiger partial charge in [0.05, 0.1) is 0 Å². The zero-order valence-electron chi connectivity index (χ0n) is 9.53. The van der Waals surface area contributed by atoms with E-state index in [9.17, 15) is 0 Å². The molecule has 0 bridgehead atoms. The van der Waals surface area contributed by atoms with Gasteiger partial charge in [-0.15, -0.1) is 0 Å². The van der Waals surface area contributed by atoms with Gasteiger partial charge in [0, 0.05) is 5.41 Å². The van der Waals surface area contributed by atoms with Gasteiger partial charge in [-0.05, 0) is 18.4 Å². The van der Waals surface area contributed by atoms with E-state index in [1.165, 1.54) is 24.0 Å². The van der Waals surface area contributed by atoms with Crippen molar-refractivity contribution in [1.82, 2.24) is 0 Å². The fourth-order valence-electron chi connectivity index (χ4n) is 2.16. The Bertz CT molecular complexity index is 380. The highest BCUT2D eigenvalue weighted by atomic mass is 14.3. The van der Waals surface area contributed by atoms with Gasteiger partial charge in [0.15, 0.2) is 0 Å². The molecule has 1 aliphatic carbocycles. The van der Waals surface area contributed by atoms with Crippen LogP contribution in [0.25, 0.3) is 0 Å². The maximum atomic E-state index is 2.31. The molecule has 0 N–H and O–H groups in total. The predicted octanol–water partition coefficient (Wildman–Crippen LogP) is 4.24. The monoisotopic (exact) mass is 198 g/mol. The van der Waals surface area contributed by atoms with Gasteiger partial charge in [0.2, 0.25) is 0 Å². The molecule has 0 heteroatoms. The predicted molar refractivity (Wildman–Crippen MR) is 65.9 cm³/mol. The number of hydrogen-bond acceptors (Lipinski definition) is 0. The van der Waals surface area contributed by atoms with E-state index in [4.69, 9.17) is 0 Å². The summed E-state index contributed by atoms with van der Waals surface area (Å²) in [4.78, 5) is 0. The third-order valence-corrected chi connectivity index (χ3v) is 3.31. The van der Waals surface area contributed by atoms with Crippen LogP contribution in [-0.2, 0) is 5.41 Å². The van der Waals surface area contributed by atoms with Crippen LogP contribution in [0.5, 0.6) is 0 Å². The van der Waals surface area contributed by atoms with Crippen molar-refractivity contribution in [2.75, 3.05) is 0 Å². The molecule has 0 aliphatic heterocycles. The smallest absolute Gasteiger partial charge is 0.0108 e. The summed E-state index contributed by atoms with van der Waals surface area (Å²) in [6.45, 7) is 4.63. The Hall–Kier alpha value is -1.30. The van der Waals surface area contributed by atoms with Gasteiger partial charge in [-0.3, -0.25) is 0 Å². The minimum absolute atomic E-state index is 0.173. The van der Waals surface area contributed by atoms with E-state index in [0.29, 0.717) is 0 Å². The topological polar surface area (TPSA) is 0 Å². The Balaban J connectivity index is 2.34. The van der Waals surface area contributed by atoms with E-state index in [-0.39, 0.29) is 5.41 Å². The fourth-order valence-corrected chi connectivity index (χ4v) is 2.16. The van der Waals surface area contributed by atoms with E-state index >= 15 is 0 Å². The first kappa shape index (κ1) is 10.2. The highest BCUT2D eigenvalue weighted by Crippen LogP contribution is 2.35. The second-order valence-corrected chi connectivity index (χ2v) is 4.65. The molecule has 0 unspecified atom stereocenters. The van der Waals surface area contributed by atoms with E-state index in [0.717, 1.165) is 0 Å². The van der Waals surface area contributed by atoms with Crippen LogP contribution in [-0.4, -0.2) is 0 Å². The lowest BCUT2D eigenvalue weighted by atomic mass is 9.75. The summed E-state index contributed by atoms with van der Waals surface area (Å²) in [5, 5.41) is 0. The minimum atomic E-state index is 0.173. The number of hydrogen-bond donors (Lipinski definition) is 0. The molecule has 1 aromatic carbocycles. The summed E-state index contributed by atoms with van der Waals surface area (Å²) in [6, 6.07) is 10.8. The van der Waals surface area contributed by atoms with Gasteiger partial charge in [0.1, 0.15) is 0 Å². The van der Waals surface area contributed by atoms with Crippen molar-refractivity contribution in [3.8, 4) is 0 Å². The molecule has 2 rings (SSSR count). The number of allylic oxidation sites excluding steroid dienone is 4. The zero-order chi connectivity index (χ0) is 10.7. The van der Waals surface area contributed by atoms with Crippen LogP contribution in [0, 0.1) is 0 Å². The molecule has 0 radical (unpaired) electrons. The van der Waals surface area contributed by atoms with Gasteiger partial charge in [0.25, 0.3) is 0 Å². The second-order valence-electron chi connectivity index (χ2n) is 4.65. The highest BCUT2D eigenvalue weighted by molar-refractivity contribution is 5.37. The van der Waals surface area contributed by atoms with Crippen LogP contribution in [0.1, 0.15) is 32.3 Å². The zero-order valence-corrected chi connectivity index (χ0v) is 9.53. The third-order valence-electron chi connectivity index (χ3n) is 3.31. The molecule has 0 amide bonds. The van der Waals surface area contributed by atoms with Gasteiger partial charge in [-0.2, -0.15) is 0 Å². The first-order chi connectivity index (χ1) is 7.21. The summed E-state index contributed by atoms with van der Waals surface area (Å²) in [5.74, 6) is 0. The standard InChI is InChI=1S/C15H18/c1-15(2,13-9-5-3-6-10-13)14-11-7-4-8-12-14/h3-7,9-11H,8,12H2,1-2H3. The highest BCUT2D eigenvalue weighted by Gasteiger charge is 2.24. The maximum absolute atomic E-state index is 2.31. The Kier molecular flexibility index (Phi) is 2.77. The lowest BCUT2D eigenvalue weighted by molar-refractivity contribution is 0.590. The summed E-state index contributed by atoms with van der Waals surface area (Å²) < 4.78 is 0. The molecule has 0 atom stereocenters. The van der Waals surface area contributed by atoms with Crippen molar-refractivity contribution < 1.29 is 0 Å². The Morgan fingerprint density at radius 1 is 1.07 bits per heavy atom. The van der Waals surface area contributed by atoms with Crippen LogP contribution in [0.3, 0.4) is 0 Å². The molecule has 1 aromatic rings. The lowest BCUT2D eigenvalue weighted by Gasteiger charge is -2.29. The SMILES string of the molecule is CC(C)(C1=CC=CCC1)c1ccccc1. The Labute approximate surface area is 92.3 Å². The van der Waals surface area contributed by atoms with Crippen LogP contribution in [0.4, 0.5) is 0 Å². The van der Waals surface area contributed by atoms with Gasteiger partial charge in [-0.25, -0.2) is 0 Å². The Morgan fingerprint density at radius 3 is 2.40 bits per heavy atom. The van der Waals surface area contributed by atoms with Crippen LogP contribution in [0.2, 0.25) is 0 Å². The largest absolute Gasteiger partial charge is 0.0842 e. The van der Waals surface area contributed by atoms with Crippen molar-refractivity contribution in [2.45, 2.75) is 32.1 Å². The molecule has 1 aliphatic rings. The average Bonchev–Trinajstić information content (AvgIpc) is 2.31. The van der Waals surface area contributed by atoms with Gasteiger partial charge >= 0.3 is 0 Å². The fraction of sp³-hybridized carbons (Fsp3) is 0.333. The molecule has 0 fully saturated rings. The Morgan fingerprint density at radius 2 is 1.80 bits per heavy atom. The molecular formula is C15H18. The van der Waals surface area contributed by atoms with Crippen molar-refractivity contribution in [3.63, 3.8) is 0 Å². The molecule has 15 heavy (non-hydrogen) atoms. The van der Waals surface area contributed by atoms with Crippen LogP contribution in [0.15, 0.2) is 54.1 Å². The number of rotatable bonds is 2. The van der Waals surface area contributed by atoms with Crippen molar-refractivity contribution in [1.29, 1.82) is 0 Å². The second kappa shape index (κ2) is 4.06. The van der Waals surface area contributed by atoms with E-state index in [1.807, 2.05) is 0 Å². The van der Waals surface area contributed by atoms with E-state index < -0.39 is 0 Å². The lowest BCUT2D eigenvalue weighted by Crippen LogP contribution is -2.20. The number of benzene rings is 1. The molecule has 78 valence electrons. The normalized spacial score (nSPS) is 16.3. The minimum Gasteiger partial charge on any atom is -0.0842 e. The molecular weight excluding hydrogens is 180 g/mol. The maximum Gasteiger partial charge on any atom is 0.0108 e. The summed E-state index contributed by atoms with van der Waals surface area (Å²) in [5.41, 5.74) is 3.12. The first-order valence-electron chi connectivity index (χ1n) is 5.63. The summed E-state index contributed by atoms with van der Waals surface area (Å²) >= 11 is 0. The van der Waals surface area contributed by atoms with E-state index in [2.05, 4.69) is 62.4 Å². The summed E-state index contributed by atoms with van der Waals surface area (Å²) in [6.07, 6.45) is 9.07. The molecule has 0 heterocycles. The van der Waals surface area contributed by atoms with Crippen molar-refractivity contribution >= 4 is 0 Å². The van der Waals surface area contributed by atoms with Crippen LogP contribution >= 0.6 is 0 Å². The molecule has 0 aromatic heterocycles. The van der Waals surface area contributed by atoms with Gasteiger partial charge < -0.3 is 0 Å². The molecule has 0 saturated carbocycles. The molecule has 0 saturated heterocycles. The van der Waals surface area contributed by atoms with Gasteiger partial charge in [-0.1, -0.05) is 68.0 Å². The molecule has 0 spiro atoms. The summed E-state index contributed by atoms with van der Waals surface area (Å²) in [7, 11) is 0. The van der Waals surface area contributed by atoms with E-state index in [1.54, 1.807) is 0 Å². The first-order valence-corrected chi connectivity index (χ1v) is 5.63.